The SMILES string of the molecule is COCc1cc(=S)n(-c2ccccn2)[nH]1. The number of nitrogens with zero attached hydrogens (tertiary/aromatic N) is 2. The van der Waals surface area contributed by atoms with Gasteiger partial charge in [-0.1, -0.05) is 18.3 Å². The van der Waals surface area contributed by atoms with Gasteiger partial charge in [0, 0.05) is 13.3 Å². The van der Waals surface area contributed by atoms with Crippen LogP contribution < -0.4 is 0 Å². The van der Waals surface area contributed by atoms with E-state index in [0.717, 1.165) is 11.5 Å². The van der Waals surface area contributed by atoms with Crippen LogP contribution in [-0.4, -0.2) is 21.9 Å². The Labute approximate surface area is 92.5 Å². The summed E-state index contributed by atoms with van der Waals surface area (Å²) in [6.45, 7) is 0.517. The molecule has 0 amide bonds. The third-order valence-corrected chi connectivity index (χ3v) is 2.25. The first kappa shape index (κ1) is 10.1. The number of H-pyrrole nitrogens is 1. The number of nitrogens with one attached hydrogen (secondary N) is 1. The minimum atomic E-state index is 0.517. The maximum atomic E-state index is 5.21. The van der Waals surface area contributed by atoms with Crippen LogP contribution in [0.4, 0.5) is 0 Å². The number of methoxy groups -OCH3 is 1. The minimum absolute atomic E-state index is 0.517. The monoisotopic (exact) mass is 221 g/mol. The summed E-state index contributed by atoms with van der Waals surface area (Å²) in [5.41, 5.74) is 0.938. The second-order valence-corrected chi connectivity index (χ2v) is 3.49. The third-order valence-electron chi connectivity index (χ3n) is 1.95. The molecule has 0 saturated heterocycles. The molecule has 1 N–H and O–H groups in total. The van der Waals surface area contributed by atoms with Gasteiger partial charge in [0.2, 0.25) is 0 Å². The van der Waals surface area contributed by atoms with Gasteiger partial charge in [-0.25, -0.2) is 9.67 Å². The minimum Gasteiger partial charge on any atom is -0.378 e. The van der Waals surface area contributed by atoms with Gasteiger partial charge in [0.1, 0.15) is 4.64 Å². The van der Waals surface area contributed by atoms with Gasteiger partial charge in [0.25, 0.3) is 0 Å². The number of rotatable bonds is 3. The van der Waals surface area contributed by atoms with Crippen molar-refractivity contribution in [2.45, 2.75) is 6.61 Å². The first-order chi connectivity index (χ1) is 7.31. The number of hydrogen-bond donors (Lipinski definition) is 1. The average Bonchev–Trinajstić information content (AvgIpc) is 2.61. The first-order valence-corrected chi connectivity index (χ1v) is 4.93. The second kappa shape index (κ2) is 4.37. The normalized spacial score (nSPS) is 10.5. The zero-order chi connectivity index (χ0) is 10.7. The Bertz CT molecular complexity index is 489. The molecule has 0 spiro atoms. The van der Waals surface area contributed by atoms with E-state index >= 15 is 0 Å². The van der Waals surface area contributed by atoms with Crippen molar-refractivity contribution < 1.29 is 4.74 Å². The molecule has 0 unspecified atom stereocenters. The van der Waals surface area contributed by atoms with E-state index in [1.54, 1.807) is 18.0 Å². The summed E-state index contributed by atoms with van der Waals surface area (Å²) in [6, 6.07) is 7.55. The summed E-state index contributed by atoms with van der Waals surface area (Å²) < 4.78 is 7.47. The molecule has 4 nitrogen and oxygen atoms in total. The maximum Gasteiger partial charge on any atom is 0.152 e. The quantitative estimate of drug-likeness (QED) is 0.807. The van der Waals surface area contributed by atoms with Crippen LogP contribution in [0.15, 0.2) is 30.5 Å². The van der Waals surface area contributed by atoms with Crippen LogP contribution in [-0.2, 0) is 11.3 Å². The summed E-state index contributed by atoms with van der Waals surface area (Å²) in [4.78, 5) is 4.21. The van der Waals surface area contributed by atoms with Crippen LogP contribution in [0.2, 0.25) is 0 Å². The van der Waals surface area contributed by atoms with Crippen molar-refractivity contribution in [3.8, 4) is 5.82 Å². The van der Waals surface area contributed by atoms with Crippen molar-refractivity contribution in [3.63, 3.8) is 0 Å². The highest BCUT2D eigenvalue weighted by molar-refractivity contribution is 7.71. The molecule has 78 valence electrons. The van der Waals surface area contributed by atoms with E-state index in [1.165, 1.54) is 0 Å². The fraction of sp³-hybridized carbons (Fsp3) is 0.200. The van der Waals surface area contributed by atoms with Gasteiger partial charge in [-0.3, -0.25) is 5.10 Å². The van der Waals surface area contributed by atoms with Gasteiger partial charge in [0.15, 0.2) is 5.82 Å². The molecular formula is C10H11N3OS. The molecule has 2 aromatic heterocycles. The molecule has 2 heterocycles. The summed E-state index contributed by atoms with van der Waals surface area (Å²) in [5.74, 6) is 0.782. The molecule has 0 aliphatic carbocycles. The number of ether oxygens (including phenoxy) is 1. The largest absolute Gasteiger partial charge is 0.378 e. The molecule has 15 heavy (non-hydrogen) atoms. The van der Waals surface area contributed by atoms with Gasteiger partial charge in [0.05, 0.1) is 12.3 Å². The first-order valence-electron chi connectivity index (χ1n) is 4.52. The van der Waals surface area contributed by atoms with E-state index in [0.29, 0.717) is 11.2 Å². The standard InChI is InChI=1S/C10H11N3OS/c1-14-7-8-6-10(15)13(12-8)9-4-2-3-5-11-9/h2-6,12H,7H2,1H3. The highest BCUT2D eigenvalue weighted by Gasteiger charge is 2.02. The number of pyridine rings is 1. The third kappa shape index (κ3) is 2.14. The van der Waals surface area contributed by atoms with E-state index in [1.807, 2.05) is 24.3 Å². The van der Waals surface area contributed by atoms with E-state index in [9.17, 15) is 0 Å². The summed E-state index contributed by atoms with van der Waals surface area (Å²) in [5, 5.41) is 3.12. The predicted octanol–water partition coefficient (Wildman–Crippen LogP) is 2.08. The fourth-order valence-electron chi connectivity index (χ4n) is 1.33. The van der Waals surface area contributed by atoms with Gasteiger partial charge in [-0.15, -0.1) is 0 Å². The lowest BCUT2D eigenvalue weighted by Crippen LogP contribution is -1.99. The molecule has 2 rings (SSSR count). The lowest BCUT2D eigenvalue weighted by atomic mass is 10.4. The topological polar surface area (TPSA) is 42.8 Å². The highest BCUT2D eigenvalue weighted by atomic mass is 32.1. The second-order valence-electron chi connectivity index (χ2n) is 3.08. The molecule has 0 bridgehead atoms. The fourth-order valence-corrected chi connectivity index (χ4v) is 1.61. The molecule has 5 heteroatoms. The lowest BCUT2D eigenvalue weighted by Gasteiger charge is -2.00. The molecule has 2 aromatic rings. The Morgan fingerprint density at radius 3 is 3.07 bits per heavy atom. The van der Waals surface area contributed by atoms with Crippen molar-refractivity contribution in [1.29, 1.82) is 0 Å². The molecule has 0 aliphatic rings. The van der Waals surface area contributed by atoms with Crippen molar-refractivity contribution in [1.82, 2.24) is 14.8 Å². The van der Waals surface area contributed by atoms with Crippen LogP contribution in [0, 0.1) is 4.64 Å². The molecular weight excluding hydrogens is 210 g/mol. The van der Waals surface area contributed by atoms with Crippen LogP contribution in [0.3, 0.4) is 0 Å². The summed E-state index contributed by atoms with van der Waals surface area (Å²) in [6.07, 6.45) is 1.73. The number of aromatic nitrogens is 3. The van der Waals surface area contributed by atoms with Crippen LogP contribution in [0.25, 0.3) is 5.82 Å². The predicted molar refractivity (Wildman–Crippen MR) is 59.5 cm³/mol. The molecule has 0 saturated carbocycles. The van der Waals surface area contributed by atoms with Crippen molar-refractivity contribution in [2.24, 2.45) is 0 Å². The average molecular weight is 221 g/mol. The van der Waals surface area contributed by atoms with Crippen LogP contribution in [0.1, 0.15) is 5.69 Å². The van der Waals surface area contributed by atoms with Gasteiger partial charge >= 0.3 is 0 Å². The van der Waals surface area contributed by atoms with Gasteiger partial charge < -0.3 is 4.74 Å². The Morgan fingerprint density at radius 2 is 2.40 bits per heavy atom. The van der Waals surface area contributed by atoms with E-state index in [4.69, 9.17) is 17.0 Å². The smallest absolute Gasteiger partial charge is 0.152 e. The Hall–Kier alpha value is -1.46. The van der Waals surface area contributed by atoms with Crippen LogP contribution in [0.5, 0.6) is 0 Å². The highest BCUT2D eigenvalue weighted by Crippen LogP contribution is 2.06. The van der Waals surface area contributed by atoms with Gasteiger partial charge in [-0.05, 0) is 18.2 Å². The van der Waals surface area contributed by atoms with Crippen LogP contribution >= 0.6 is 12.2 Å². The Morgan fingerprint density at radius 1 is 1.53 bits per heavy atom. The summed E-state index contributed by atoms with van der Waals surface area (Å²) in [7, 11) is 1.65. The van der Waals surface area contributed by atoms with Crippen molar-refractivity contribution in [2.75, 3.05) is 7.11 Å². The molecule has 0 fully saturated rings. The molecule has 0 atom stereocenters. The van der Waals surface area contributed by atoms with Crippen molar-refractivity contribution in [3.05, 3.63) is 40.8 Å². The number of hydrogen-bond acceptors (Lipinski definition) is 3. The van der Waals surface area contributed by atoms with Crippen molar-refractivity contribution >= 4 is 12.2 Å². The molecule has 0 radical (unpaired) electrons. The Balaban J connectivity index is 2.41. The lowest BCUT2D eigenvalue weighted by molar-refractivity contribution is 0.181. The van der Waals surface area contributed by atoms with E-state index < -0.39 is 0 Å². The van der Waals surface area contributed by atoms with E-state index in [-0.39, 0.29) is 0 Å². The maximum absolute atomic E-state index is 5.21. The Kier molecular flexibility index (Phi) is 2.94. The molecule has 0 aromatic carbocycles. The number of aromatic amines is 1. The molecule has 0 aliphatic heterocycles. The zero-order valence-electron chi connectivity index (χ0n) is 8.30. The zero-order valence-corrected chi connectivity index (χ0v) is 9.12. The van der Waals surface area contributed by atoms with Gasteiger partial charge in [-0.2, -0.15) is 0 Å². The summed E-state index contributed by atoms with van der Waals surface area (Å²) >= 11 is 5.21. The van der Waals surface area contributed by atoms with E-state index in [2.05, 4.69) is 10.1 Å².